The molecule has 4 rings (SSSR count). The third kappa shape index (κ3) is 3.89. The van der Waals surface area contributed by atoms with Crippen LogP contribution in [0.15, 0.2) is 88.4 Å². The lowest BCUT2D eigenvalue weighted by Crippen LogP contribution is -2.30. The minimum absolute atomic E-state index is 0.0757. The lowest BCUT2D eigenvalue weighted by Gasteiger charge is -2.27. The van der Waals surface area contributed by atoms with Gasteiger partial charge in [-0.15, -0.1) is 0 Å². The molecule has 0 aromatic heterocycles. The number of hydrogen-bond donors (Lipinski definition) is 1. The molecular formula is C24H19F2NO4S. The van der Waals surface area contributed by atoms with Crippen LogP contribution in [0.2, 0.25) is 0 Å². The highest BCUT2D eigenvalue weighted by atomic mass is 32.2. The fourth-order valence-corrected chi connectivity index (χ4v) is 5.32. The first-order chi connectivity index (χ1) is 15.2. The fraction of sp³-hybridized carbons (Fsp3) is 0.125. The summed E-state index contributed by atoms with van der Waals surface area (Å²) < 4.78 is 53.8. The number of rotatable bonds is 5. The van der Waals surface area contributed by atoms with Crippen molar-refractivity contribution in [3.05, 3.63) is 112 Å². The Hall–Kier alpha value is -3.52. The van der Waals surface area contributed by atoms with Gasteiger partial charge in [-0.1, -0.05) is 42.0 Å². The molecule has 3 aromatic carbocycles. The zero-order chi connectivity index (χ0) is 23.0. The quantitative estimate of drug-likeness (QED) is 0.610. The molecule has 5 nitrogen and oxygen atoms in total. The summed E-state index contributed by atoms with van der Waals surface area (Å²) >= 11 is 0. The van der Waals surface area contributed by atoms with Gasteiger partial charge in [0, 0.05) is 6.54 Å². The first-order valence-corrected chi connectivity index (χ1v) is 11.2. The van der Waals surface area contributed by atoms with Gasteiger partial charge in [-0.2, -0.15) is 0 Å². The van der Waals surface area contributed by atoms with Crippen molar-refractivity contribution >= 4 is 15.7 Å². The van der Waals surface area contributed by atoms with E-state index in [1.807, 2.05) is 0 Å². The van der Waals surface area contributed by atoms with E-state index >= 15 is 0 Å². The number of carbonyl (C=O) groups excluding carboxylic acids is 1. The number of amides is 1. The highest BCUT2D eigenvalue weighted by Gasteiger charge is 2.46. The first-order valence-electron chi connectivity index (χ1n) is 9.74. The molecule has 32 heavy (non-hydrogen) atoms. The van der Waals surface area contributed by atoms with E-state index in [-0.39, 0.29) is 11.4 Å². The molecular weight excluding hydrogens is 436 g/mol. The Bertz CT molecular complexity index is 1300. The predicted octanol–water partition coefficient (Wildman–Crippen LogP) is 4.60. The molecule has 3 aromatic rings. The van der Waals surface area contributed by atoms with Crippen molar-refractivity contribution < 1.29 is 27.1 Å². The van der Waals surface area contributed by atoms with Gasteiger partial charge in [0.15, 0.2) is 5.76 Å². The van der Waals surface area contributed by atoms with Crippen molar-refractivity contribution in [3.63, 3.8) is 0 Å². The monoisotopic (exact) mass is 455 g/mol. The largest absolute Gasteiger partial charge is 0.502 e. The van der Waals surface area contributed by atoms with Crippen molar-refractivity contribution in [1.82, 2.24) is 4.90 Å². The van der Waals surface area contributed by atoms with Crippen LogP contribution in [-0.4, -0.2) is 24.3 Å². The fourth-order valence-electron chi connectivity index (χ4n) is 3.67. The van der Waals surface area contributed by atoms with E-state index in [4.69, 9.17) is 0 Å². The Kier molecular flexibility index (Phi) is 5.56. The molecule has 1 aliphatic heterocycles. The molecule has 0 unspecified atom stereocenters. The lowest BCUT2D eigenvalue weighted by molar-refractivity contribution is -0.130. The molecule has 0 spiro atoms. The summed E-state index contributed by atoms with van der Waals surface area (Å²) in [6.07, 6.45) is 0. The maximum Gasteiger partial charge on any atom is 0.290 e. The van der Waals surface area contributed by atoms with Crippen LogP contribution >= 0.6 is 0 Å². The average Bonchev–Trinajstić information content (AvgIpc) is 3.01. The molecule has 0 aliphatic carbocycles. The third-order valence-electron chi connectivity index (χ3n) is 5.33. The van der Waals surface area contributed by atoms with Gasteiger partial charge >= 0.3 is 0 Å². The van der Waals surface area contributed by atoms with Crippen molar-refractivity contribution in [3.8, 4) is 0 Å². The number of aryl methyl sites for hydroxylation is 1. The van der Waals surface area contributed by atoms with E-state index in [9.17, 15) is 27.1 Å². The second kappa shape index (κ2) is 8.20. The number of aliphatic hydroxyl groups is 1. The molecule has 1 N–H and O–H groups in total. The van der Waals surface area contributed by atoms with Gasteiger partial charge in [0.1, 0.15) is 16.5 Å². The van der Waals surface area contributed by atoms with Crippen LogP contribution in [0.25, 0.3) is 0 Å². The average molecular weight is 455 g/mol. The maximum atomic E-state index is 13.5. The van der Waals surface area contributed by atoms with Gasteiger partial charge in [0.05, 0.1) is 10.9 Å². The molecule has 164 valence electrons. The van der Waals surface area contributed by atoms with Gasteiger partial charge in [0.25, 0.3) is 5.91 Å². The number of halogens is 2. The number of benzene rings is 3. The molecule has 1 atom stereocenters. The third-order valence-corrected chi connectivity index (χ3v) is 7.22. The Balaban J connectivity index is 1.84. The second-order valence-electron chi connectivity index (χ2n) is 7.54. The van der Waals surface area contributed by atoms with Crippen LogP contribution in [0.3, 0.4) is 0 Å². The normalized spacial score (nSPS) is 16.7. The molecule has 0 saturated carbocycles. The van der Waals surface area contributed by atoms with Crippen molar-refractivity contribution in [2.45, 2.75) is 24.4 Å². The number of sulfone groups is 1. The molecule has 8 heteroatoms. The summed E-state index contributed by atoms with van der Waals surface area (Å²) in [6, 6.07) is 15.3. The lowest BCUT2D eigenvalue weighted by atomic mass is 10.1. The second-order valence-corrected chi connectivity index (χ2v) is 9.46. The summed E-state index contributed by atoms with van der Waals surface area (Å²) in [7, 11) is -4.26. The van der Waals surface area contributed by atoms with E-state index in [0.717, 1.165) is 17.7 Å². The summed E-state index contributed by atoms with van der Waals surface area (Å²) in [5.74, 6) is -2.75. The van der Waals surface area contributed by atoms with E-state index in [1.165, 1.54) is 53.4 Å². The van der Waals surface area contributed by atoms with Gasteiger partial charge in [0.2, 0.25) is 9.84 Å². The number of hydrogen-bond acceptors (Lipinski definition) is 4. The van der Waals surface area contributed by atoms with Crippen LogP contribution in [0, 0.1) is 18.6 Å². The summed E-state index contributed by atoms with van der Waals surface area (Å²) in [6.45, 7) is 1.72. The van der Waals surface area contributed by atoms with Crippen LogP contribution in [0.5, 0.6) is 0 Å². The minimum atomic E-state index is -4.26. The smallest absolute Gasteiger partial charge is 0.290 e. The Morgan fingerprint density at radius 3 is 1.97 bits per heavy atom. The molecule has 1 heterocycles. The zero-order valence-corrected chi connectivity index (χ0v) is 17.8. The van der Waals surface area contributed by atoms with Gasteiger partial charge in [-0.3, -0.25) is 4.79 Å². The molecule has 0 fully saturated rings. The van der Waals surface area contributed by atoms with Crippen molar-refractivity contribution in [2.24, 2.45) is 0 Å². The summed E-state index contributed by atoms with van der Waals surface area (Å²) in [5.41, 5.74) is 1.70. The predicted molar refractivity (Wildman–Crippen MR) is 114 cm³/mol. The highest BCUT2D eigenvalue weighted by Crippen LogP contribution is 2.43. The van der Waals surface area contributed by atoms with Crippen molar-refractivity contribution in [2.75, 3.05) is 0 Å². The Labute approximate surface area is 184 Å². The van der Waals surface area contributed by atoms with Gasteiger partial charge in [-0.05, 0) is 54.4 Å². The topological polar surface area (TPSA) is 74.7 Å². The number of carbonyl (C=O) groups is 1. The summed E-state index contributed by atoms with van der Waals surface area (Å²) in [4.78, 5) is 13.6. The summed E-state index contributed by atoms with van der Waals surface area (Å²) in [5, 5.41) is 10.7. The number of aliphatic hydroxyl groups excluding tert-OH is 1. The SMILES string of the molecule is Cc1ccc(S(=O)(=O)C2=C(O)C(=O)N(Cc3ccc(F)cc3)[C@@H]2c2ccc(F)cc2)cc1. The number of nitrogens with zero attached hydrogens (tertiary/aromatic N) is 1. The van der Waals surface area contributed by atoms with Crippen molar-refractivity contribution in [1.29, 1.82) is 0 Å². The van der Waals surface area contributed by atoms with E-state index in [0.29, 0.717) is 11.1 Å². The first kappa shape index (κ1) is 21.7. The van der Waals surface area contributed by atoms with Gasteiger partial charge < -0.3 is 10.0 Å². The van der Waals surface area contributed by atoms with Crippen LogP contribution in [0.1, 0.15) is 22.7 Å². The van der Waals surface area contributed by atoms with Crippen LogP contribution < -0.4 is 0 Å². The van der Waals surface area contributed by atoms with Gasteiger partial charge in [-0.25, -0.2) is 17.2 Å². The minimum Gasteiger partial charge on any atom is -0.502 e. The maximum absolute atomic E-state index is 13.5. The van der Waals surface area contributed by atoms with E-state index in [1.54, 1.807) is 19.1 Å². The molecule has 1 amide bonds. The molecule has 1 aliphatic rings. The van der Waals surface area contributed by atoms with Crippen LogP contribution in [-0.2, 0) is 21.2 Å². The van der Waals surface area contributed by atoms with Crippen LogP contribution in [0.4, 0.5) is 8.78 Å². The van der Waals surface area contributed by atoms with E-state index in [2.05, 4.69) is 0 Å². The standard InChI is InChI=1S/C24H19F2NO4S/c1-15-2-12-20(13-3-15)32(30,31)23-21(17-6-10-19(26)11-7-17)27(24(29)22(23)28)14-16-4-8-18(25)9-5-16/h2-13,21,28H,14H2,1H3/t21-/m1/s1. The molecule has 0 saturated heterocycles. The molecule has 0 bridgehead atoms. The highest BCUT2D eigenvalue weighted by molar-refractivity contribution is 7.95. The molecule has 0 radical (unpaired) electrons. The van der Waals surface area contributed by atoms with E-state index < -0.39 is 44.1 Å². The zero-order valence-electron chi connectivity index (χ0n) is 17.0. The Morgan fingerprint density at radius 1 is 0.875 bits per heavy atom. The Morgan fingerprint density at radius 2 is 1.41 bits per heavy atom.